The van der Waals surface area contributed by atoms with Gasteiger partial charge in [-0.15, -0.1) is 0 Å². The highest BCUT2D eigenvalue weighted by Crippen LogP contribution is 2.62. The molecule has 5 saturated carbocycles. The van der Waals surface area contributed by atoms with Gasteiger partial charge in [-0.1, -0.05) is 89.5 Å². The van der Waals surface area contributed by atoms with Crippen LogP contribution in [0, 0.1) is 23.2 Å². The molecule has 2 bridgehead atoms. The first-order chi connectivity index (χ1) is 16.7. The molecule has 0 N–H and O–H groups in total. The van der Waals surface area contributed by atoms with Gasteiger partial charge in [0.2, 0.25) is 0 Å². The average Bonchev–Trinajstić information content (AvgIpc) is 2.92. The number of hydrogen-bond donors (Lipinski definition) is 0. The van der Waals surface area contributed by atoms with Crippen LogP contribution in [0.15, 0.2) is 24.3 Å². The molecule has 0 aliphatic heterocycles. The van der Waals surface area contributed by atoms with Crippen molar-refractivity contribution in [1.29, 1.82) is 0 Å². The van der Waals surface area contributed by atoms with Crippen molar-refractivity contribution in [3.05, 3.63) is 35.4 Å². The standard InChI is InChI=1S/C34H54/c1-3-5-7-27-9-13-29(14-10-27)30-15-19-32(20-16-30)34-24-21-33(22-25-34,23-26-34)31-17-11-28(12-18-31)8-6-4-2/h15-16,19-20,27-29,31H,3-14,17-18,21-26H2,1-2H3/t27-,28?,29-,31?,33?,34?. The number of rotatable bonds is 9. The minimum atomic E-state index is 0.524. The van der Waals surface area contributed by atoms with Gasteiger partial charge < -0.3 is 0 Å². The van der Waals surface area contributed by atoms with E-state index < -0.39 is 0 Å². The average molecular weight is 463 g/mol. The minimum Gasteiger partial charge on any atom is -0.0654 e. The molecule has 0 unspecified atom stereocenters. The molecule has 6 rings (SSSR count). The van der Waals surface area contributed by atoms with Gasteiger partial charge in [0.15, 0.2) is 0 Å². The summed E-state index contributed by atoms with van der Waals surface area (Å²) in [5.74, 6) is 3.97. The molecule has 0 amide bonds. The molecule has 5 aliphatic carbocycles. The smallest absolute Gasteiger partial charge is 0.00463 e. The maximum atomic E-state index is 2.58. The van der Waals surface area contributed by atoms with E-state index in [2.05, 4.69) is 38.1 Å². The maximum absolute atomic E-state index is 2.58. The topological polar surface area (TPSA) is 0 Å². The van der Waals surface area contributed by atoms with Crippen molar-refractivity contribution in [2.24, 2.45) is 23.2 Å². The summed E-state index contributed by atoms with van der Waals surface area (Å²) in [7, 11) is 0. The summed E-state index contributed by atoms with van der Waals surface area (Å²) in [6.07, 6.45) is 29.6. The monoisotopic (exact) mass is 462 g/mol. The van der Waals surface area contributed by atoms with Crippen LogP contribution in [0.25, 0.3) is 0 Å². The summed E-state index contributed by atoms with van der Waals surface area (Å²) in [5, 5.41) is 0. The molecular formula is C34H54. The Kier molecular flexibility index (Phi) is 8.12. The SMILES string of the molecule is CCCCC1CCC(C23CCC(c4ccc([C@H]5CC[C@H](CCCC)CC5)cc4)(CC2)CC3)CC1. The Morgan fingerprint density at radius 3 is 1.62 bits per heavy atom. The van der Waals surface area contributed by atoms with Gasteiger partial charge in [0.1, 0.15) is 0 Å². The number of benzene rings is 1. The molecule has 0 saturated heterocycles. The molecule has 0 nitrogen and oxygen atoms in total. The van der Waals surface area contributed by atoms with Crippen molar-refractivity contribution in [2.45, 2.75) is 154 Å². The molecule has 0 spiro atoms. The molecule has 0 aromatic heterocycles. The Balaban J connectivity index is 1.14. The first kappa shape index (κ1) is 24.9. The Morgan fingerprint density at radius 1 is 0.618 bits per heavy atom. The van der Waals surface area contributed by atoms with E-state index in [1.165, 1.54) is 103 Å². The largest absolute Gasteiger partial charge is 0.0654 e. The van der Waals surface area contributed by atoms with Crippen LogP contribution in [0.5, 0.6) is 0 Å². The van der Waals surface area contributed by atoms with Gasteiger partial charge in [-0.25, -0.2) is 0 Å². The van der Waals surface area contributed by atoms with E-state index >= 15 is 0 Å². The lowest BCUT2D eigenvalue weighted by Gasteiger charge is -2.58. The van der Waals surface area contributed by atoms with E-state index in [0.29, 0.717) is 5.41 Å². The molecule has 190 valence electrons. The Labute approximate surface area is 212 Å². The van der Waals surface area contributed by atoms with Gasteiger partial charge >= 0.3 is 0 Å². The first-order valence-corrected chi connectivity index (χ1v) is 15.8. The van der Waals surface area contributed by atoms with Gasteiger partial charge in [0.25, 0.3) is 0 Å². The third-order valence-corrected chi connectivity index (χ3v) is 11.8. The molecule has 1 aromatic carbocycles. The molecule has 5 aliphatic rings. The molecule has 5 fully saturated rings. The van der Waals surface area contributed by atoms with Crippen LogP contribution in [-0.4, -0.2) is 0 Å². The van der Waals surface area contributed by atoms with E-state index in [-0.39, 0.29) is 0 Å². The summed E-state index contributed by atoms with van der Waals surface area (Å²) in [6.45, 7) is 4.69. The van der Waals surface area contributed by atoms with E-state index in [9.17, 15) is 0 Å². The zero-order valence-corrected chi connectivity index (χ0v) is 22.8. The fourth-order valence-electron chi connectivity index (χ4n) is 9.20. The number of unbranched alkanes of at least 4 members (excludes halogenated alkanes) is 2. The lowest BCUT2D eigenvalue weighted by Crippen LogP contribution is -2.48. The quantitative estimate of drug-likeness (QED) is 0.342. The van der Waals surface area contributed by atoms with Gasteiger partial charge in [-0.3, -0.25) is 0 Å². The predicted octanol–water partition coefficient (Wildman–Crippen LogP) is 10.7. The fourth-order valence-corrected chi connectivity index (χ4v) is 9.20. The highest BCUT2D eigenvalue weighted by atomic mass is 14.6. The molecule has 0 heteroatoms. The van der Waals surface area contributed by atoms with Gasteiger partial charge in [-0.2, -0.15) is 0 Å². The van der Waals surface area contributed by atoms with Crippen molar-refractivity contribution in [3.63, 3.8) is 0 Å². The minimum absolute atomic E-state index is 0.524. The van der Waals surface area contributed by atoms with Crippen molar-refractivity contribution in [1.82, 2.24) is 0 Å². The van der Waals surface area contributed by atoms with Crippen LogP contribution >= 0.6 is 0 Å². The second-order valence-corrected chi connectivity index (χ2v) is 13.5. The summed E-state index contributed by atoms with van der Waals surface area (Å²) < 4.78 is 0. The molecule has 0 heterocycles. The third kappa shape index (κ3) is 5.18. The van der Waals surface area contributed by atoms with Gasteiger partial charge in [0.05, 0.1) is 0 Å². The fraction of sp³-hybridized carbons (Fsp3) is 0.824. The molecule has 0 atom stereocenters. The molecule has 0 radical (unpaired) electrons. The maximum Gasteiger partial charge on any atom is -0.00463 e. The normalized spacial score (nSPS) is 38.2. The summed E-state index contributed by atoms with van der Waals surface area (Å²) >= 11 is 0. The van der Waals surface area contributed by atoms with Crippen LogP contribution in [0.2, 0.25) is 0 Å². The number of fused-ring (bicyclic) bond motifs is 3. The van der Waals surface area contributed by atoms with Crippen molar-refractivity contribution >= 4 is 0 Å². The zero-order valence-electron chi connectivity index (χ0n) is 22.8. The van der Waals surface area contributed by atoms with E-state index in [4.69, 9.17) is 0 Å². The summed E-state index contributed by atoms with van der Waals surface area (Å²) in [6, 6.07) is 10.3. The van der Waals surface area contributed by atoms with E-state index in [0.717, 1.165) is 29.1 Å². The number of hydrogen-bond acceptors (Lipinski definition) is 0. The first-order valence-electron chi connectivity index (χ1n) is 15.8. The molecular weight excluding hydrogens is 408 g/mol. The van der Waals surface area contributed by atoms with E-state index in [1.54, 1.807) is 36.8 Å². The highest BCUT2D eigenvalue weighted by molar-refractivity contribution is 5.33. The van der Waals surface area contributed by atoms with Crippen LogP contribution < -0.4 is 0 Å². The van der Waals surface area contributed by atoms with Crippen molar-refractivity contribution in [2.75, 3.05) is 0 Å². The van der Waals surface area contributed by atoms with Crippen LogP contribution in [0.3, 0.4) is 0 Å². The predicted molar refractivity (Wildman–Crippen MR) is 147 cm³/mol. The van der Waals surface area contributed by atoms with Crippen LogP contribution in [-0.2, 0) is 5.41 Å². The van der Waals surface area contributed by atoms with Crippen molar-refractivity contribution in [3.8, 4) is 0 Å². The Bertz CT molecular complexity index is 716. The summed E-state index contributed by atoms with van der Waals surface area (Å²) in [5.41, 5.74) is 4.60. The van der Waals surface area contributed by atoms with Gasteiger partial charge in [-0.05, 0) is 123 Å². The van der Waals surface area contributed by atoms with Crippen LogP contribution in [0.1, 0.15) is 159 Å². The Hall–Kier alpha value is -0.780. The van der Waals surface area contributed by atoms with Crippen LogP contribution in [0.4, 0.5) is 0 Å². The second kappa shape index (κ2) is 11.1. The lowest BCUT2D eigenvalue weighted by molar-refractivity contribution is -0.0294. The highest BCUT2D eigenvalue weighted by Gasteiger charge is 2.52. The van der Waals surface area contributed by atoms with Crippen molar-refractivity contribution < 1.29 is 0 Å². The second-order valence-electron chi connectivity index (χ2n) is 13.5. The lowest BCUT2D eigenvalue weighted by atomic mass is 9.47. The molecule has 34 heavy (non-hydrogen) atoms. The molecule has 1 aromatic rings. The van der Waals surface area contributed by atoms with Gasteiger partial charge in [0, 0.05) is 0 Å². The summed E-state index contributed by atoms with van der Waals surface area (Å²) in [4.78, 5) is 0. The van der Waals surface area contributed by atoms with E-state index in [1.807, 2.05) is 0 Å². The third-order valence-electron chi connectivity index (χ3n) is 11.8. The Morgan fingerprint density at radius 2 is 1.12 bits per heavy atom. The zero-order chi connectivity index (χ0) is 23.4.